The molecule has 0 saturated carbocycles. The van der Waals surface area contributed by atoms with Crippen molar-refractivity contribution in [3.8, 4) is 0 Å². The Morgan fingerprint density at radius 3 is 2.68 bits per heavy atom. The highest BCUT2D eigenvalue weighted by molar-refractivity contribution is 7.18. The van der Waals surface area contributed by atoms with Crippen LogP contribution in [0.5, 0.6) is 0 Å². The van der Waals surface area contributed by atoms with Crippen LogP contribution in [0.2, 0.25) is 0 Å². The number of carbonyl (C=O) groups is 1. The summed E-state index contributed by atoms with van der Waals surface area (Å²) in [7, 11) is 0. The molecule has 0 aliphatic rings. The first-order chi connectivity index (χ1) is 10.4. The maximum atomic E-state index is 12.2. The normalized spacial score (nSPS) is 10.5. The molecule has 8 heteroatoms. The van der Waals surface area contributed by atoms with E-state index in [4.69, 9.17) is 0 Å². The van der Waals surface area contributed by atoms with Gasteiger partial charge in [-0.1, -0.05) is 0 Å². The smallest absolute Gasteiger partial charge is 0.345 e. The van der Waals surface area contributed by atoms with E-state index in [9.17, 15) is 14.9 Å². The van der Waals surface area contributed by atoms with Crippen LogP contribution < -0.4 is 10.6 Å². The number of hydrogen-bond acceptors (Lipinski definition) is 6. The summed E-state index contributed by atoms with van der Waals surface area (Å²) in [5, 5.41) is 16.5. The van der Waals surface area contributed by atoms with Gasteiger partial charge in [0, 0.05) is 17.3 Å². The van der Waals surface area contributed by atoms with Crippen LogP contribution in [0.4, 0.5) is 15.8 Å². The third-order valence-electron chi connectivity index (χ3n) is 2.82. The van der Waals surface area contributed by atoms with E-state index in [2.05, 4.69) is 15.6 Å². The Balaban J connectivity index is 2.13. The first-order valence-corrected chi connectivity index (χ1v) is 7.47. The lowest BCUT2D eigenvalue weighted by Gasteiger charge is -2.12. The number of anilines is 2. The van der Waals surface area contributed by atoms with Crippen molar-refractivity contribution in [1.29, 1.82) is 0 Å². The minimum atomic E-state index is -0.537. The Morgan fingerprint density at radius 1 is 1.41 bits per heavy atom. The lowest BCUT2D eigenvalue weighted by molar-refractivity contribution is -0.380. The van der Waals surface area contributed by atoms with E-state index in [1.165, 1.54) is 0 Å². The highest BCUT2D eigenvalue weighted by atomic mass is 32.1. The lowest BCUT2D eigenvalue weighted by Crippen LogP contribution is -2.14. The minimum absolute atomic E-state index is 0.108. The number of rotatable bonds is 5. The fraction of sp³-hybridized carbons (Fsp3) is 0.286. The second kappa shape index (κ2) is 6.52. The maximum Gasteiger partial charge on any atom is 0.345 e. The number of thiazole rings is 1. The summed E-state index contributed by atoms with van der Waals surface area (Å²) >= 11 is 0.827. The Morgan fingerprint density at radius 2 is 2.14 bits per heavy atom. The molecular formula is C14H16N4O3S. The van der Waals surface area contributed by atoms with Gasteiger partial charge < -0.3 is 5.32 Å². The summed E-state index contributed by atoms with van der Waals surface area (Å²) in [6, 6.07) is 5.73. The molecule has 22 heavy (non-hydrogen) atoms. The number of hydrogen-bond donors (Lipinski definition) is 2. The molecule has 1 aromatic heterocycles. The molecule has 2 aromatic rings. The second-order valence-electron chi connectivity index (χ2n) is 5.04. The number of benzene rings is 1. The SMILES string of the molecule is Cc1cc(NC(C)C)ccc1C(=O)Nc1ncc([N+](=O)[O-])s1. The highest BCUT2D eigenvalue weighted by Gasteiger charge is 2.15. The zero-order valence-electron chi connectivity index (χ0n) is 12.4. The average molecular weight is 320 g/mol. The van der Waals surface area contributed by atoms with E-state index < -0.39 is 4.92 Å². The van der Waals surface area contributed by atoms with Gasteiger partial charge in [-0.15, -0.1) is 0 Å². The van der Waals surface area contributed by atoms with Gasteiger partial charge in [0.1, 0.15) is 6.20 Å². The Bertz CT molecular complexity index is 712. The number of aromatic nitrogens is 1. The molecular weight excluding hydrogens is 304 g/mol. The second-order valence-corrected chi connectivity index (χ2v) is 6.05. The van der Waals surface area contributed by atoms with Crippen molar-refractivity contribution in [2.75, 3.05) is 10.6 Å². The minimum Gasteiger partial charge on any atom is -0.383 e. The topological polar surface area (TPSA) is 97.2 Å². The van der Waals surface area contributed by atoms with Crippen LogP contribution in [0.3, 0.4) is 0 Å². The summed E-state index contributed by atoms with van der Waals surface area (Å²) in [5.74, 6) is -0.335. The van der Waals surface area contributed by atoms with Gasteiger partial charge in [-0.05, 0) is 55.9 Å². The molecule has 1 heterocycles. The van der Waals surface area contributed by atoms with Gasteiger partial charge in [-0.2, -0.15) is 0 Å². The highest BCUT2D eigenvalue weighted by Crippen LogP contribution is 2.26. The number of carbonyl (C=O) groups excluding carboxylic acids is 1. The van der Waals surface area contributed by atoms with Crippen LogP contribution in [0.1, 0.15) is 29.8 Å². The Kier molecular flexibility index (Phi) is 4.71. The van der Waals surface area contributed by atoms with E-state index in [1.807, 2.05) is 32.9 Å². The van der Waals surface area contributed by atoms with Crippen LogP contribution in [-0.4, -0.2) is 21.9 Å². The Hall–Kier alpha value is -2.48. The largest absolute Gasteiger partial charge is 0.383 e. The third kappa shape index (κ3) is 3.79. The summed E-state index contributed by atoms with van der Waals surface area (Å²) in [5.41, 5.74) is 2.26. The Labute approximate surface area is 131 Å². The summed E-state index contributed by atoms with van der Waals surface area (Å²) in [6.45, 7) is 5.90. The van der Waals surface area contributed by atoms with E-state index in [0.29, 0.717) is 11.6 Å². The van der Waals surface area contributed by atoms with Crippen LogP contribution in [0.15, 0.2) is 24.4 Å². The summed E-state index contributed by atoms with van der Waals surface area (Å²) in [4.78, 5) is 26.1. The van der Waals surface area contributed by atoms with Gasteiger partial charge in [-0.3, -0.25) is 20.2 Å². The molecule has 0 unspecified atom stereocenters. The van der Waals surface area contributed by atoms with E-state index in [0.717, 1.165) is 28.8 Å². The predicted octanol–water partition coefficient (Wildman–Crippen LogP) is 3.43. The maximum absolute atomic E-state index is 12.2. The lowest BCUT2D eigenvalue weighted by atomic mass is 10.1. The van der Waals surface area contributed by atoms with Crippen molar-refractivity contribution in [2.45, 2.75) is 26.8 Å². The number of amides is 1. The molecule has 2 N–H and O–H groups in total. The number of nitrogens with zero attached hydrogens (tertiary/aromatic N) is 2. The van der Waals surface area contributed by atoms with Crippen LogP contribution in [0.25, 0.3) is 0 Å². The van der Waals surface area contributed by atoms with E-state index >= 15 is 0 Å². The standard InChI is InChI=1S/C14H16N4O3S/c1-8(2)16-10-4-5-11(9(3)6-10)13(19)17-14-15-7-12(22-14)18(20)21/h4-8,16H,1-3H3,(H,15,17,19). The van der Waals surface area contributed by atoms with Crippen molar-refractivity contribution in [2.24, 2.45) is 0 Å². The van der Waals surface area contributed by atoms with E-state index in [-0.39, 0.29) is 16.0 Å². The van der Waals surface area contributed by atoms with Crippen molar-refractivity contribution in [3.05, 3.63) is 45.6 Å². The van der Waals surface area contributed by atoms with Crippen molar-refractivity contribution >= 4 is 33.1 Å². The van der Waals surface area contributed by atoms with E-state index in [1.54, 1.807) is 6.07 Å². The molecule has 0 fully saturated rings. The molecule has 1 amide bonds. The first-order valence-electron chi connectivity index (χ1n) is 6.65. The first kappa shape index (κ1) is 15.9. The van der Waals surface area contributed by atoms with Gasteiger partial charge in [-0.25, -0.2) is 4.98 Å². The van der Waals surface area contributed by atoms with Gasteiger partial charge >= 0.3 is 5.00 Å². The molecule has 0 saturated heterocycles. The third-order valence-corrected chi connectivity index (χ3v) is 3.68. The molecule has 0 radical (unpaired) electrons. The van der Waals surface area contributed by atoms with Crippen molar-refractivity contribution in [1.82, 2.24) is 4.98 Å². The fourth-order valence-electron chi connectivity index (χ4n) is 1.91. The van der Waals surface area contributed by atoms with Crippen molar-refractivity contribution in [3.63, 3.8) is 0 Å². The zero-order chi connectivity index (χ0) is 16.3. The number of nitro groups is 1. The van der Waals surface area contributed by atoms with Gasteiger partial charge in [0.2, 0.25) is 0 Å². The van der Waals surface area contributed by atoms with Crippen molar-refractivity contribution < 1.29 is 9.72 Å². The molecule has 116 valence electrons. The van der Waals surface area contributed by atoms with Crippen LogP contribution >= 0.6 is 11.3 Å². The molecule has 0 spiro atoms. The van der Waals surface area contributed by atoms with Crippen LogP contribution in [0, 0.1) is 17.0 Å². The average Bonchev–Trinajstić information content (AvgIpc) is 2.86. The predicted molar refractivity (Wildman–Crippen MR) is 86.7 cm³/mol. The van der Waals surface area contributed by atoms with Gasteiger partial charge in [0.15, 0.2) is 5.13 Å². The molecule has 7 nitrogen and oxygen atoms in total. The summed E-state index contributed by atoms with van der Waals surface area (Å²) < 4.78 is 0. The molecule has 2 rings (SSSR count). The molecule has 0 aliphatic carbocycles. The molecule has 0 atom stereocenters. The monoisotopic (exact) mass is 320 g/mol. The quantitative estimate of drug-likeness (QED) is 0.649. The van der Waals surface area contributed by atoms with Gasteiger partial charge in [0.25, 0.3) is 5.91 Å². The summed E-state index contributed by atoms with van der Waals surface area (Å²) in [6.07, 6.45) is 1.13. The zero-order valence-corrected chi connectivity index (χ0v) is 13.2. The molecule has 0 aliphatic heterocycles. The molecule has 1 aromatic carbocycles. The fourth-order valence-corrected chi connectivity index (χ4v) is 2.54. The van der Waals surface area contributed by atoms with Crippen LogP contribution in [-0.2, 0) is 0 Å². The molecule has 0 bridgehead atoms. The number of nitrogens with one attached hydrogen (secondary N) is 2. The number of aryl methyl sites for hydroxylation is 1. The van der Waals surface area contributed by atoms with Gasteiger partial charge in [0.05, 0.1) is 4.92 Å².